The second-order valence-electron chi connectivity index (χ2n) is 6.83. The van der Waals surface area contributed by atoms with Crippen LogP contribution >= 0.6 is 0 Å². The van der Waals surface area contributed by atoms with E-state index < -0.39 is 6.10 Å². The smallest absolute Gasteiger partial charge is 0.307 e. The van der Waals surface area contributed by atoms with Crippen LogP contribution in [-0.2, 0) is 20.9 Å². The van der Waals surface area contributed by atoms with Gasteiger partial charge < -0.3 is 14.4 Å². The van der Waals surface area contributed by atoms with E-state index in [1.165, 1.54) is 0 Å². The molecule has 0 bridgehead atoms. The first-order chi connectivity index (χ1) is 13.4. The number of carbonyl (C=O) groups excluding carboxylic acids is 2. The zero-order chi connectivity index (χ0) is 20.5. The van der Waals surface area contributed by atoms with Crippen LogP contribution in [0.2, 0.25) is 0 Å². The summed E-state index contributed by atoms with van der Waals surface area (Å²) >= 11 is 0. The number of aryl methyl sites for hydroxylation is 2. The maximum Gasteiger partial charge on any atom is 0.307 e. The number of rotatable bonds is 9. The van der Waals surface area contributed by atoms with E-state index in [4.69, 9.17) is 9.47 Å². The summed E-state index contributed by atoms with van der Waals surface area (Å²) < 4.78 is 11.0. The third-order valence-corrected chi connectivity index (χ3v) is 4.41. The molecule has 5 heteroatoms. The van der Waals surface area contributed by atoms with Crippen molar-refractivity contribution in [3.8, 4) is 5.75 Å². The molecule has 0 saturated carbocycles. The van der Waals surface area contributed by atoms with Gasteiger partial charge in [0.1, 0.15) is 5.75 Å². The molecule has 5 nitrogen and oxygen atoms in total. The second-order valence-corrected chi connectivity index (χ2v) is 6.83. The van der Waals surface area contributed by atoms with E-state index in [9.17, 15) is 9.59 Å². The molecule has 0 spiro atoms. The predicted octanol–water partition coefficient (Wildman–Crippen LogP) is 4.05. The Hall–Kier alpha value is -2.82. The standard InChI is InChI=1S/C23H29NO4/c1-5-27-22(25)13-14-24(16-20-9-7-6-8-10-20)23(26)19(4)28-21-15-17(2)11-12-18(21)3/h6-12,15,19H,5,13-14,16H2,1-4H3. The predicted molar refractivity (Wildman–Crippen MR) is 109 cm³/mol. The van der Waals surface area contributed by atoms with Gasteiger partial charge in [-0.15, -0.1) is 0 Å². The van der Waals surface area contributed by atoms with Crippen molar-refractivity contribution >= 4 is 11.9 Å². The van der Waals surface area contributed by atoms with E-state index in [0.717, 1.165) is 16.7 Å². The summed E-state index contributed by atoms with van der Waals surface area (Å²) in [4.78, 5) is 26.5. The Balaban J connectivity index is 2.11. The molecular weight excluding hydrogens is 354 g/mol. The highest BCUT2D eigenvalue weighted by molar-refractivity contribution is 5.81. The quantitative estimate of drug-likeness (QED) is 0.613. The SMILES string of the molecule is CCOC(=O)CCN(Cc1ccccc1)C(=O)C(C)Oc1cc(C)ccc1C. The summed E-state index contributed by atoms with van der Waals surface area (Å²) in [6, 6.07) is 15.6. The van der Waals surface area contributed by atoms with Gasteiger partial charge in [0.05, 0.1) is 13.0 Å². The van der Waals surface area contributed by atoms with Gasteiger partial charge in [0.25, 0.3) is 5.91 Å². The van der Waals surface area contributed by atoms with E-state index in [2.05, 4.69) is 0 Å². The van der Waals surface area contributed by atoms with E-state index >= 15 is 0 Å². The number of nitrogens with zero attached hydrogens (tertiary/aromatic N) is 1. The first-order valence-corrected chi connectivity index (χ1v) is 9.63. The van der Waals surface area contributed by atoms with Gasteiger partial charge >= 0.3 is 5.97 Å². The minimum atomic E-state index is -0.661. The molecular formula is C23H29NO4. The topological polar surface area (TPSA) is 55.8 Å². The zero-order valence-electron chi connectivity index (χ0n) is 17.1. The van der Waals surface area contributed by atoms with Crippen molar-refractivity contribution in [2.75, 3.05) is 13.2 Å². The van der Waals surface area contributed by atoms with Gasteiger partial charge in [-0.3, -0.25) is 9.59 Å². The van der Waals surface area contributed by atoms with Gasteiger partial charge in [0, 0.05) is 13.1 Å². The lowest BCUT2D eigenvalue weighted by Crippen LogP contribution is -2.41. The Morgan fingerprint density at radius 3 is 2.46 bits per heavy atom. The normalized spacial score (nSPS) is 11.6. The van der Waals surface area contributed by atoms with Crippen LogP contribution in [0.25, 0.3) is 0 Å². The Kier molecular flexibility index (Phi) is 8.05. The van der Waals surface area contributed by atoms with Gasteiger partial charge in [-0.1, -0.05) is 42.5 Å². The lowest BCUT2D eigenvalue weighted by Gasteiger charge is -2.26. The number of hydrogen-bond acceptors (Lipinski definition) is 4. The second kappa shape index (κ2) is 10.5. The molecule has 150 valence electrons. The van der Waals surface area contributed by atoms with Crippen molar-refractivity contribution in [3.05, 3.63) is 65.2 Å². The van der Waals surface area contributed by atoms with Crippen LogP contribution in [0.15, 0.2) is 48.5 Å². The number of esters is 1. The summed E-state index contributed by atoms with van der Waals surface area (Å²) in [5.41, 5.74) is 3.05. The maximum absolute atomic E-state index is 13.1. The van der Waals surface area contributed by atoms with Crippen molar-refractivity contribution in [1.82, 2.24) is 4.90 Å². The summed E-state index contributed by atoms with van der Waals surface area (Å²) in [6.07, 6.45) is -0.505. The van der Waals surface area contributed by atoms with E-state index in [0.29, 0.717) is 18.9 Å². The monoisotopic (exact) mass is 383 g/mol. The molecule has 0 radical (unpaired) electrons. The highest BCUT2D eigenvalue weighted by Crippen LogP contribution is 2.21. The van der Waals surface area contributed by atoms with Crippen molar-refractivity contribution in [2.45, 2.75) is 46.8 Å². The maximum atomic E-state index is 13.1. The molecule has 0 saturated heterocycles. The highest BCUT2D eigenvalue weighted by atomic mass is 16.5. The van der Waals surface area contributed by atoms with Crippen LogP contribution in [0, 0.1) is 13.8 Å². The van der Waals surface area contributed by atoms with Crippen molar-refractivity contribution in [2.24, 2.45) is 0 Å². The molecule has 0 aromatic heterocycles. The fraction of sp³-hybridized carbons (Fsp3) is 0.391. The largest absolute Gasteiger partial charge is 0.481 e. The lowest BCUT2D eigenvalue weighted by atomic mass is 10.1. The van der Waals surface area contributed by atoms with Crippen LogP contribution in [0.5, 0.6) is 5.75 Å². The van der Waals surface area contributed by atoms with Crippen LogP contribution in [0.3, 0.4) is 0 Å². The molecule has 2 aromatic carbocycles. The number of ether oxygens (including phenoxy) is 2. The van der Waals surface area contributed by atoms with Crippen LogP contribution < -0.4 is 4.74 Å². The van der Waals surface area contributed by atoms with Gasteiger partial charge in [-0.2, -0.15) is 0 Å². The summed E-state index contributed by atoms with van der Waals surface area (Å²) in [5, 5.41) is 0. The minimum absolute atomic E-state index is 0.155. The van der Waals surface area contributed by atoms with Crippen molar-refractivity contribution in [3.63, 3.8) is 0 Å². The lowest BCUT2D eigenvalue weighted by molar-refractivity contribution is -0.145. The molecule has 0 N–H and O–H groups in total. The first-order valence-electron chi connectivity index (χ1n) is 9.63. The molecule has 0 heterocycles. The summed E-state index contributed by atoms with van der Waals surface area (Å²) in [5.74, 6) is 0.233. The van der Waals surface area contributed by atoms with Crippen molar-refractivity contribution < 1.29 is 19.1 Å². The number of hydrogen-bond donors (Lipinski definition) is 0. The molecule has 0 aliphatic heterocycles. The van der Waals surface area contributed by atoms with E-state index in [1.54, 1.807) is 18.7 Å². The number of carbonyl (C=O) groups is 2. The van der Waals surface area contributed by atoms with Crippen LogP contribution in [-0.4, -0.2) is 36.0 Å². The Morgan fingerprint density at radius 1 is 1.07 bits per heavy atom. The molecule has 1 atom stereocenters. The summed E-state index contributed by atoms with van der Waals surface area (Å²) in [6.45, 7) is 8.48. The van der Waals surface area contributed by atoms with E-state index in [1.807, 2.05) is 62.4 Å². The molecule has 0 aliphatic carbocycles. The van der Waals surface area contributed by atoms with Crippen LogP contribution in [0.1, 0.15) is 37.0 Å². The van der Waals surface area contributed by atoms with Gasteiger partial charge in [0.15, 0.2) is 6.10 Å². The minimum Gasteiger partial charge on any atom is -0.481 e. The molecule has 0 aliphatic rings. The molecule has 2 aromatic rings. The summed E-state index contributed by atoms with van der Waals surface area (Å²) in [7, 11) is 0. The van der Waals surface area contributed by atoms with Gasteiger partial charge in [0.2, 0.25) is 0 Å². The number of amides is 1. The third kappa shape index (κ3) is 6.41. The molecule has 1 unspecified atom stereocenters. The molecule has 2 rings (SSSR count). The Morgan fingerprint density at radius 2 is 1.79 bits per heavy atom. The van der Waals surface area contributed by atoms with Crippen LogP contribution in [0.4, 0.5) is 0 Å². The van der Waals surface area contributed by atoms with Gasteiger partial charge in [-0.05, 0) is 50.5 Å². The molecule has 1 amide bonds. The third-order valence-electron chi connectivity index (χ3n) is 4.41. The molecule has 28 heavy (non-hydrogen) atoms. The zero-order valence-corrected chi connectivity index (χ0v) is 17.1. The first kappa shape index (κ1) is 21.5. The van der Waals surface area contributed by atoms with Crippen molar-refractivity contribution in [1.29, 1.82) is 0 Å². The average Bonchev–Trinajstić information content (AvgIpc) is 2.68. The van der Waals surface area contributed by atoms with Gasteiger partial charge in [-0.25, -0.2) is 0 Å². The molecule has 0 fully saturated rings. The Labute approximate surface area is 167 Å². The number of benzene rings is 2. The fourth-order valence-electron chi connectivity index (χ4n) is 2.86. The Bertz CT molecular complexity index is 788. The fourth-order valence-corrected chi connectivity index (χ4v) is 2.86. The van der Waals surface area contributed by atoms with E-state index in [-0.39, 0.29) is 24.8 Å². The highest BCUT2D eigenvalue weighted by Gasteiger charge is 2.23. The average molecular weight is 383 g/mol.